The third kappa shape index (κ3) is 1.95. The Bertz CT molecular complexity index is 329. The Morgan fingerprint density at radius 2 is 2.00 bits per heavy atom. The molecule has 1 aliphatic rings. The molecule has 2 nitrogen and oxygen atoms in total. The molecule has 0 bridgehead atoms. The zero-order chi connectivity index (χ0) is 9.97. The Morgan fingerprint density at radius 1 is 1.29 bits per heavy atom. The Morgan fingerprint density at radius 3 is 2.57 bits per heavy atom. The highest BCUT2D eigenvalue weighted by molar-refractivity contribution is 5.78. The summed E-state index contributed by atoms with van der Waals surface area (Å²) in [6.45, 7) is 3.77. The second kappa shape index (κ2) is 3.82. The van der Waals surface area contributed by atoms with E-state index in [4.69, 9.17) is 0 Å². The maximum Gasteiger partial charge on any atom is 0.222 e. The Kier molecular flexibility index (Phi) is 2.53. The van der Waals surface area contributed by atoms with Crippen LogP contribution in [0.25, 0.3) is 0 Å². The summed E-state index contributed by atoms with van der Waals surface area (Å²) in [5.74, 6) is 0.297. The van der Waals surface area contributed by atoms with Crippen LogP contribution in [0.2, 0.25) is 0 Å². The van der Waals surface area contributed by atoms with Gasteiger partial charge in [-0.15, -0.1) is 0 Å². The molecule has 1 aromatic rings. The number of benzene rings is 1. The summed E-state index contributed by atoms with van der Waals surface area (Å²) in [5.41, 5.74) is 2.49. The van der Waals surface area contributed by atoms with E-state index in [1.165, 1.54) is 11.1 Å². The molecule has 1 saturated heterocycles. The number of carbonyl (C=O) groups is 1. The number of rotatable bonds is 2. The van der Waals surface area contributed by atoms with Crippen molar-refractivity contribution in [2.45, 2.75) is 26.3 Å². The first-order valence-corrected chi connectivity index (χ1v) is 5.09. The zero-order valence-electron chi connectivity index (χ0n) is 8.49. The van der Waals surface area contributed by atoms with Crippen LogP contribution < -0.4 is 0 Å². The van der Waals surface area contributed by atoms with Crippen molar-refractivity contribution in [3.8, 4) is 0 Å². The average molecular weight is 189 g/mol. The van der Waals surface area contributed by atoms with Crippen LogP contribution in [0.4, 0.5) is 0 Å². The van der Waals surface area contributed by atoms with Crippen molar-refractivity contribution in [1.29, 1.82) is 0 Å². The molecule has 0 aromatic heterocycles. The van der Waals surface area contributed by atoms with Crippen LogP contribution in [0.15, 0.2) is 24.3 Å². The largest absolute Gasteiger partial charge is 0.338 e. The predicted molar refractivity (Wildman–Crippen MR) is 55.8 cm³/mol. The molecule has 0 radical (unpaired) electrons. The summed E-state index contributed by atoms with van der Waals surface area (Å²) in [5, 5.41) is 0. The fourth-order valence-electron chi connectivity index (χ4n) is 1.79. The first-order valence-electron chi connectivity index (χ1n) is 5.09. The molecular weight excluding hydrogens is 174 g/mol. The van der Waals surface area contributed by atoms with E-state index in [1.54, 1.807) is 0 Å². The van der Waals surface area contributed by atoms with Crippen molar-refractivity contribution in [2.24, 2.45) is 0 Å². The lowest BCUT2D eigenvalue weighted by Gasteiger charge is -2.15. The van der Waals surface area contributed by atoms with Gasteiger partial charge in [-0.2, -0.15) is 0 Å². The van der Waals surface area contributed by atoms with Crippen LogP contribution in [0, 0.1) is 6.92 Å². The van der Waals surface area contributed by atoms with E-state index in [1.807, 2.05) is 4.90 Å². The fraction of sp³-hybridized carbons (Fsp3) is 0.417. The fourth-order valence-corrected chi connectivity index (χ4v) is 1.79. The minimum absolute atomic E-state index is 0.297. The zero-order valence-corrected chi connectivity index (χ0v) is 8.49. The van der Waals surface area contributed by atoms with E-state index < -0.39 is 0 Å². The lowest BCUT2D eigenvalue weighted by molar-refractivity contribution is -0.128. The quantitative estimate of drug-likeness (QED) is 0.697. The lowest BCUT2D eigenvalue weighted by Crippen LogP contribution is -2.23. The highest BCUT2D eigenvalue weighted by Gasteiger charge is 2.19. The van der Waals surface area contributed by atoms with E-state index >= 15 is 0 Å². The van der Waals surface area contributed by atoms with Crippen molar-refractivity contribution in [3.05, 3.63) is 35.4 Å². The smallest absolute Gasteiger partial charge is 0.222 e. The normalized spacial score (nSPS) is 16.4. The van der Waals surface area contributed by atoms with Crippen LogP contribution in [-0.2, 0) is 11.3 Å². The van der Waals surface area contributed by atoms with Gasteiger partial charge in [0.15, 0.2) is 0 Å². The van der Waals surface area contributed by atoms with Gasteiger partial charge in [0.2, 0.25) is 5.91 Å². The maximum atomic E-state index is 11.4. The second-order valence-corrected chi connectivity index (χ2v) is 3.90. The molecule has 2 heteroatoms. The molecule has 1 heterocycles. The van der Waals surface area contributed by atoms with Crippen LogP contribution in [-0.4, -0.2) is 17.4 Å². The Labute approximate surface area is 84.5 Å². The van der Waals surface area contributed by atoms with Crippen molar-refractivity contribution < 1.29 is 4.79 Å². The molecule has 1 aromatic carbocycles. The molecule has 1 aliphatic heterocycles. The molecule has 2 rings (SSSR count). The van der Waals surface area contributed by atoms with E-state index in [0.29, 0.717) is 5.91 Å². The van der Waals surface area contributed by atoms with Gasteiger partial charge < -0.3 is 4.90 Å². The van der Waals surface area contributed by atoms with Crippen LogP contribution in [0.1, 0.15) is 24.0 Å². The molecule has 0 unspecified atom stereocenters. The number of hydrogen-bond donors (Lipinski definition) is 0. The molecule has 1 fully saturated rings. The van der Waals surface area contributed by atoms with Crippen molar-refractivity contribution in [3.63, 3.8) is 0 Å². The van der Waals surface area contributed by atoms with Crippen molar-refractivity contribution >= 4 is 5.91 Å². The topological polar surface area (TPSA) is 20.3 Å². The molecule has 14 heavy (non-hydrogen) atoms. The summed E-state index contributed by atoms with van der Waals surface area (Å²) in [7, 11) is 0. The van der Waals surface area contributed by atoms with Crippen LogP contribution in [0.3, 0.4) is 0 Å². The predicted octanol–water partition coefficient (Wildman–Crippen LogP) is 2.12. The van der Waals surface area contributed by atoms with Gasteiger partial charge in [-0.05, 0) is 18.9 Å². The van der Waals surface area contributed by atoms with Crippen molar-refractivity contribution in [2.75, 3.05) is 6.54 Å². The minimum atomic E-state index is 0.297. The summed E-state index contributed by atoms with van der Waals surface area (Å²) in [4.78, 5) is 13.3. The summed E-state index contributed by atoms with van der Waals surface area (Å²) >= 11 is 0. The monoisotopic (exact) mass is 189 g/mol. The standard InChI is InChI=1S/C12H15NO/c1-10-4-6-11(7-5-10)9-13-8-2-3-12(13)14/h4-7H,2-3,8-9H2,1H3. The number of carbonyl (C=O) groups excluding carboxylic acids is 1. The SMILES string of the molecule is Cc1ccc(CN2CCCC2=O)cc1. The van der Waals surface area contributed by atoms with E-state index in [-0.39, 0.29) is 0 Å². The third-order valence-electron chi connectivity index (χ3n) is 2.67. The van der Waals surface area contributed by atoms with Gasteiger partial charge in [0.05, 0.1) is 0 Å². The molecule has 0 N–H and O–H groups in total. The van der Waals surface area contributed by atoms with Gasteiger partial charge in [0, 0.05) is 19.5 Å². The van der Waals surface area contributed by atoms with E-state index in [9.17, 15) is 4.79 Å². The highest BCUT2D eigenvalue weighted by atomic mass is 16.2. The molecule has 0 saturated carbocycles. The first kappa shape index (κ1) is 9.25. The minimum Gasteiger partial charge on any atom is -0.338 e. The van der Waals surface area contributed by atoms with E-state index in [0.717, 1.165) is 25.9 Å². The molecular formula is C12H15NO. The third-order valence-corrected chi connectivity index (χ3v) is 2.67. The first-order chi connectivity index (χ1) is 6.75. The number of hydrogen-bond acceptors (Lipinski definition) is 1. The molecule has 1 amide bonds. The summed E-state index contributed by atoms with van der Waals surface area (Å²) < 4.78 is 0. The van der Waals surface area contributed by atoms with Crippen LogP contribution in [0.5, 0.6) is 0 Å². The van der Waals surface area contributed by atoms with Crippen LogP contribution >= 0.6 is 0 Å². The molecule has 0 spiro atoms. The molecule has 74 valence electrons. The maximum absolute atomic E-state index is 11.4. The number of likely N-dealkylation sites (tertiary alicyclic amines) is 1. The number of nitrogens with zero attached hydrogens (tertiary/aromatic N) is 1. The van der Waals surface area contributed by atoms with Gasteiger partial charge in [-0.3, -0.25) is 4.79 Å². The summed E-state index contributed by atoms with van der Waals surface area (Å²) in [6.07, 6.45) is 1.75. The van der Waals surface area contributed by atoms with Crippen molar-refractivity contribution in [1.82, 2.24) is 4.90 Å². The Balaban J connectivity index is 2.03. The second-order valence-electron chi connectivity index (χ2n) is 3.90. The van der Waals surface area contributed by atoms with Gasteiger partial charge in [0.25, 0.3) is 0 Å². The van der Waals surface area contributed by atoms with E-state index in [2.05, 4.69) is 31.2 Å². The number of amides is 1. The van der Waals surface area contributed by atoms with Gasteiger partial charge >= 0.3 is 0 Å². The number of aryl methyl sites for hydroxylation is 1. The van der Waals surface area contributed by atoms with Gasteiger partial charge in [-0.1, -0.05) is 29.8 Å². The Hall–Kier alpha value is -1.31. The highest BCUT2D eigenvalue weighted by Crippen LogP contribution is 2.14. The average Bonchev–Trinajstić information content (AvgIpc) is 2.56. The molecule has 0 aliphatic carbocycles. The van der Waals surface area contributed by atoms with Gasteiger partial charge in [0.1, 0.15) is 0 Å². The lowest BCUT2D eigenvalue weighted by atomic mass is 10.1. The molecule has 0 atom stereocenters. The van der Waals surface area contributed by atoms with Gasteiger partial charge in [-0.25, -0.2) is 0 Å². The summed E-state index contributed by atoms with van der Waals surface area (Å²) in [6, 6.07) is 8.38.